The third kappa shape index (κ3) is 15.3. The Morgan fingerprint density at radius 2 is 1.01 bits per heavy atom. The minimum atomic E-state index is -1.61. The number of alkyl halides is 3. The normalized spacial score (nSPS) is 12.9. The number of carbonyl (C=O) groups is 6. The van der Waals surface area contributed by atoms with Gasteiger partial charge in [-0.15, -0.1) is 34.8 Å². The molecule has 0 fully saturated rings. The molecule has 0 bridgehead atoms. The number of ketones is 2. The lowest BCUT2D eigenvalue weighted by atomic mass is 10.1. The molecule has 5 aromatic rings. The number of amides is 4. The van der Waals surface area contributed by atoms with Crippen LogP contribution in [0.1, 0.15) is 89.7 Å². The van der Waals surface area contributed by atoms with Gasteiger partial charge in [-0.1, -0.05) is 35.3 Å². The summed E-state index contributed by atoms with van der Waals surface area (Å²) in [4.78, 5) is 79.5. The molecule has 16 nitrogen and oxygen atoms in total. The minimum absolute atomic E-state index is 0.0317. The van der Waals surface area contributed by atoms with E-state index in [4.69, 9.17) is 67.5 Å². The molecule has 0 aromatic heterocycles. The zero-order chi connectivity index (χ0) is 51.9. The van der Waals surface area contributed by atoms with Crippen molar-refractivity contribution in [3.8, 4) is 11.5 Å². The number of ether oxygens (including phenoxy) is 2. The zero-order valence-electron chi connectivity index (χ0n) is 39.2. The van der Waals surface area contributed by atoms with E-state index in [0.29, 0.717) is 41.7 Å². The molecule has 5 aromatic carbocycles. The molecule has 0 aliphatic carbocycles. The molecule has 0 radical (unpaired) electrons. The number of aryl methyl sites for hydroxylation is 1. The lowest BCUT2D eigenvalue weighted by Crippen LogP contribution is -2.32. The molecule has 71 heavy (non-hydrogen) atoms. The van der Waals surface area contributed by atoms with Crippen molar-refractivity contribution in [2.45, 2.75) is 70.8 Å². The van der Waals surface area contributed by atoms with Gasteiger partial charge in [-0.2, -0.15) is 20.5 Å². The van der Waals surface area contributed by atoms with Gasteiger partial charge in [0.15, 0.2) is 11.6 Å². The predicted molar refractivity (Wildman–Crippen MR) is 279 cm³/mol. The van der Waals surface area contributed by atoms with Gasteiger partial charge < -0.3 is 30.7 Å². The monoisotopic (exact) mass is 1060 g/mol. The van der Waals surface area contributed by atoms with E-state index in [0.717, 1.165) is 11.1 Å². The Morgan fingerprint density at radius 1 is 0.563 bits per heavy atom. The van der Waals surface area contributed by atoms with Crippen LogP contribution in [0.3, 0.4) is 0 Å². The van der Waals surface area contributed by atoms with Crippen molar-refractivity contribution in [2.24, 2.45) is 20.5 Å². The van der Waals surface area contributed by atoms with Crippen LogP contribution in [0.25, 0.3) is 0 Å². The second-order valence-corrected chi connectivity index (χ2v) is 18.1. The Hall–Kier alpha value is -6.43. The van der Waals surface area contributed by atoms with Crippen LogP contribution in [-0.2, 0) is 25.6 Å². The quantitative estimate of drug-likeness (QED) is 0.0296. The first-order chi connectivity index (χ1) is 33.8. The molecule has 21 heteroatoms. The lowest BCUT2D eigenvalue weighted by Gasteiger charge is -2.16. The van der Waals surface area contributed by atoms with E-state index in [1.807, 2.05) is 6.92 Å². The van der Waals surface area contributed by atoms with Crippen molar-refractivity contribution in [1.82, 2.24) is 0 Å². The third-order valence-corrected chi connectivity index (χ3v) is 11.6. The Morgan fingerprint density at radius 3 is 1.42 bits per heavy atom. The van der Waals surface area contributed by atoms with Crippen molar-refractivity contribution in [1.29, 1.82) is 0 Å². The molecular formula is C50H49Cl5N8O8. The first-order valence-electron chi connectivity index (χ1n) is 22.0. The number of rotatable bonds is 22. The van der Waals surface area contributed by atoms with Gasteiger partial charge in [0.1, 0.15) is 11.5 Å². The van der Waals surface area contributed by atoms with Gasteiger partial charge in [-0.25, -0.2) is 0 Å². The van der Waals surface area contributed by atoms with E-state index in [9.17, 15) is 28.8 Å². The van der Waals surface area contributed by atoms with E-state index < -0.39 is 47.3 Å². The molecule has 0 saturated carbocycles. The topological polar surface area (TPSA) is 218 Å². The second-order valence-electron chi connectivity index (χ2n) is 15.6. The first kappa shape index (κ1) is 55.5. The second kappa shape index (κ2) is 26.1. The SMILES string of the molecule is CCOc1ccc(C(C)Cl)cc1NC(=O)c1cc(N=NC(C(C)=O)C(=O)Nc2ccc(NC(=O)C(N=Nc3ccc(Cl)c(C(=O)Nc4cc(C(C)Cl)ccc4OCC)c3)C(C)=O)c(CCCl)c2)ccc1Cl. The number of nitrogens with zero attached hydrogens (tertiary/aromatic N) is 4. The highest BCUT2D eigenvalue weighted by Gasteiger charge is 2.27. The summed E-state index contributed by atoms with van der Waals surface area (Å²) in [5.74, 6) is -3.16. The summed E-state index contributed by atoms with van der Waals surface area (Å²) in [5.41, 5.74) is 3.48. The fourth-order valence-electron chi connectivity index (χ4n) is 6.63. The van der Waals surface area contributed by atoms with Crippen LogP contribution in [0, 0.1) is 0 Å². The highest BCUT2D eigenvalue weighted by Crippen LogP contribution is 2.34. The number of azo groups is 2. The fraction of sp³-hybridized carbons (Fsp3) is 0.280. The van der Waals surface area contributed by atoms with Crippen LogP contribution in [0.15, 0.2) is 111 Å². The number of Topliss-reactive ketones (excluding diaryl/α,β-unsaturated/α-hetero) is 2. The van der Waals surface area contributed by atoms with Crippen molar-refractivity contribution in [2.75, 3.05) is 40.4 Å². The Labute approximate surface area is 435 Å². The number of carbonyl (C=O) groups excluding carboxylic acids is 6. The standard InChI is InChI=1S/C50H49Cl5N8O8/c1-7-70-43-17-9-30(26(3)52)22-41(43)58-47(66)36-24-34(11-14-38(36)54)60-62-45(28(5)64)49(68)56-33-13-16-40(32(21-33)19-20-51)57-50(69)46(29(6)65)63-61-35-12-15-39(55)37(25-35)48(67)59-42-23-31(27(4)53)10-18-44(42)71-8-2/h9-18,21-27,45-46H,7-8,19-20H2,1-6H3,(H,56,68)(H,57,69)(H,58,66)(H,59,67). The van der Waals surface area contributed by atoms with Gasteiger partial charge in [0.25, 0.3) is 23.6 Å². The molecule has 372 valence electrons. The van der Waals surface area contributed by atoms with Gasteiger partial charge in [0.05, 0.1) is 67.9 Å². The molecule has 0 spiro atoms. The van der Waals surface area contributed by atoms with E-state index in [1.54, 1.807) is 57.2 Å². The van der Waals surface area contributed by atoms with Crippen molar-refractivity contribution >= 4 is 127 Å². The number of halogens is 5. The number of benzene rings is 5. The molecule has 4 amide bonds. The van der Waals surface area contributed by atoms with Gasteiger partial charge in [0, 0.05) is 17.3 Å². The molecule has 5 rings (SSSR count). The van der Waals surface area contributed by atoms with Crippen LogP contribution in [0.5, 0.6) is 11.5 Å². The molecule has 0 aliphatic rings. The zero-order valence-corrected chi connectivity index (χ0v) is 43.0. The van der Waals surface area contributed by atoms with Crippen molar-refractivity contribution in [3.63, 3.8) is 0 Å². The van der Waals surface area contributed by atoms with Crippen molar-refractivity contribution in [3.05, 3.63) is 129 Å². The minimum Gasteiger partial charge on any atom is -0.492 e. The molecule has 4 unspecified atom stereocenters. The summed E-state index contributed by atoms with van der Waals surface area (Å²) in [6.45, 7) is 10.2. The van der Waals surface area contributed by atoms with Crippen LogP contribution < -0.4 is 30.7 Å². The maximum atomic E-state index is 13.6. The van der Waals surface area contributed by atoms with E-state index >= 15 is 0 Å². The lowest BCUT2D eigenvalue weighted by molar-refractivity contribution is -0.127. The van der Waals surface area contributed by atoms with E-state index in [-0.39, 0.29) is 67.0 Å². The molecule has 0 heterocycles. The van der Waals surface area contributed by atoms with E-state index in [2.05, 4.69) is 41.7 Å². The Bertz CT molecular complexity index is 2880. The average molecular weight is 1070 g/mol. The number of nitrogens with one attached hydrogen (secondary N) is 4. The van der Waals surface area contributed by atoms with Crippen LogP contribution in [0.4, 0.5) is 34.1 Å². The molecule has 0 aliphatic heterocycles. The Balaban J connectivity index is 1.29. The summed E-state index contributed by atoms with van der Waals surface area (Å²) in [5, 5.41) is 26.7. The van der Waals surface area contributed by atoms with Crippen LogP contribution in [-0.4, -0.2) is 66.4 Å². The maximum absolute atomic E-state index is 13.6. The summed E-state index contributed by atoms with van der Waals surface area (Å²) in [7, 11) is 0. The molecule has 0 saturated heterocycles. The van der Waals surface area contributed by atoms with Gasteiger partial charge in [0.2, 0.25) is 12.1 Å². The first-order valence-corrected chi connectivity index (χ1v) is 24.2. The van der Waals surface area contributed by atoms with Gasteiger partial charge in [-0.05, 0) is 144 Å². The average Bonchev–Trinajstić information content (AvgIpc) is 3.31. The number of anilines is 4. The molecule has 4 atom stereocenters. The summed E-state index contributed by atoms with van der Waals surface area (Å²) in [6.07, 6.45) is 0.205. The predicted octanol–water partition coefficient (Wildman–Crippen LogP) is 13.0. The highest BCUT2D eigenvalue weighted by atomic mass is 35.5. The molecule has 4 N–H and O–H groups in total. The summed E-state index contributed by atoms with van der Waals surface area (Å²) >= 11 is 31.5. The largest absolute Gasteiger partial charge is 0.492 e. The molecular weight excluding hydrogens is 1020 g/mol. The fourth-order valence-corrected chi connectivity index (χ4v) is 7.51. The number of hydrogen-bond acceptors (Lipinski definition) is 12. The van der Waals surface area contributed by atoms with Crippen LogP contribution in [0.2, 0.25) is 10.0 Å². The van der Waals surface area contributed by atoms with Gasteiger partial charge >= 0.3 is 0 Å². The summed E-state index contributed by atoms with van der Waals surface area (Å²) < 4.78 is 11.4. The van der Waals surface area contributed by atoms with Gasteiger partial charge in [-0.3, -0.25) is 28.8 Å². The van der Waals surface area contributed by atoms with E-state index in [1.165, 1.54) is 68.4 Å². The number of hydrogen-bond donors (Lipinski definition) is 4. The smallest absolute Gasteiger partial charge is 0.258 e. The van der Waals surface area contributed by atoms with Crippen LogP contribution >= 0.6 is 58.0 Å². The Kier molecular flexibility index (Phi) is 20.4. The third-order valence-electron chi connectivity index (χ3n) is 10.2. The summed E-state index contributed by atoms with van der Waals surface area (Å²) in [6, 6.07) is 20.1. The maximum Gasteiger partial charge on any atom is 0.258 e. The highest BCUT2D eigenvalue weighted by molar-refractivity contribution is 6.35. The van der Waals surface area contributed by atoms with Crippen molar-refractivity contribution < 1.29 is 38.2 Å².